The Hall–Kier alpha value is -1.89. The molecule has 0 radical (unpaired) electrons. The monoisotopic (exact) mass is 357 g/mol. The Bertz CT molecular complexity index is 401. The van der Waals surface area contributed by atoms with Crippen LogP contribution in [0.4, 0.5) is 0 Å². The fourth-order valence-corrected chi connectivity index (χ4v) is 2.77. The van der Waals surface area contributed by atoms with E-state index in [0.717, 1.165) is 32.1 Å². The maximum Gasteiger partial charge on any atom is 0.309 e. The van der Waals surface area contributed by atoms with Crippen LogP contribution in [0.2, 0.25) is 0 Å². The normalized spacial score (nSPS) is 11.7. The topological polar surface area (TPSA) is 115 Å². The maximum atomic E-state index is 10.9. The molecule has 0 aliphatic rings. The summed E-state index contributed by atoms with van der Waals surface area (Å²) in [5, 5.41) is 28.7. The SMILES string of the molecule is CCCC/C=C/CCC[N+](CCC(=O)[O-])(CCC(=O)O)CCC(=O)O. The molecule has 0 atom stereocenters. The summed E-state index contributed by atoms with van der Waals surface area (Å²) in [4.78, 5) is 32.7. The molecular weight excluding hydrogens is 326 g/mol. The number of rotatable bonds is 16. The summed E-state index contributed by atoms with van der Waals surface area (Å²) >= 11 is 0. The highest BCUT2D eigenvalue weighted by Crippen LogP contribution is 2.15. The number of unbranched alkanes of at least 4 members (excludes halogenated alkanes) is 3. The first-order valence-electron chi connectivity index (χ1n) is 8.95. The van der Waals surface area contributed by atoms with E-state index in [0.29, 0.717) is 6.54 Å². The molecule has 0 saturated heterocycles. The van der Waals surface area contributed by atoms with E-state index in [2.05, 4.69) is 19.1 Å². The van der Waals surface area contributed by atoms with Crippen LogP contribution in [0.25, 0.3) is 0 Å². The summed E-state index contributed by atoms with van der Waals surface area (Å²) in [6.45, 7) is 3.35. The van der Waals surface area contributed by atoms with E-state index in [9.17, 15) is 19.5 Å². The van der Waals surface area contributed by atoms with Crippen molar-refractivity contribution in [1.29, 1.82) is 0 Å². The number of carbonyl (C=O) groups is 3. The predicted molar refractivity (Wildman–Crippen MR) is 91.8 cm³/mol. The van der Waals surface area contributed by atoms with Crippen molar-refractivity contribution >= 4 is 17.9 Å². The van der Waals surface area contributed by atoms with Crippen molar-refractivity contribution in [3.63, 3.8) is 0 Å². The van der Waals surface area contributed by atoms with Crippen molar-refractivity contribution in [2.24, 2.45) is 0 Å². The van der Waals surface area contributed by atoms with Gasteiger partial charge in [0.2, 0.25) is 0 Å². The van der Waals surface area contributed by atoms with Crippen molar-refractivity contribution in [2.45, 2.75) is 58.3 Å². The number of hydrogen-bond donors (Lipinski definition) is 2. The van der Waals surface area contributed by atoms with Gasteiger partial charge in [0.1, 0.15) is 0 Å². The van der Waals surface area contributed by atoms with Crippen molar-refractivity contribution in [3.8, 4) is 0 Å². The largest absolute Gasteiger partial charge is 0.550 e. The number of aliphatic carboxylic acids is 3. The highest BCUT2D eigenvalue weighted by molar-refractivity contribution is 5.67. The number of carboxylic acids is 3. The van der Waals surface area contributed by atoms with Crippen molar-refractivity contribution in [3.05, 3.63) is 12.2 Å². The molecular formula is C18H31NO6. The zero-order valence-electron chi connectivity index (χ0n) is 15.1. The van der Waals surface area contributed by atoms with Crippen LogP contribution in [0.3, 0.4) is 0 Å². The van der Waals surface area contributed by atoms with Gasteiger partial charge in [-0.1, -0.05) is 31.9 Å². The van der Waals surface area contributed by atoms with Crippen LogP contribution < -0.4 is 5.11 Å². The maximum absolute atomic E-state index is 10.9. The highest BCUT2D eigenvalue weighted by atomic mass is 16.4. The molecule has 0 amide bonds. The lowest BCUT2D eigenvalue weighted by Crippen LogP contribution is -2.52. The highest BCUT2D eigenvalue weighted by Gasteiger charge is 2.28. The van der Waals surface area contributed by atoms with Gasteiger partial charge in [0.15, 0.2) is 0 Å². The third-order valence-corrected chi connectivity index (χ3v) is 4.28. The van der Waals surface area contributed by atoms with Gasteiger partial charge in [-0.3, -0.25) is 9.59 Å². The molecule has 7 heteroatoms. The Kier molecular flexibility index (Phi) is 12.4. The minimum atomic E-state index is -1.20. The summed E-state index contributed by atoms with van der Waals surface area (Å²) < 4.78 is 0.190. The number of hydrogen-bond acceptors (Lipinski definition) is 4. The molecule has 0 unspecified atom stereocenters. The number of carboxylic acid groups (broad SMARTS) is 3. The van der Waals surface area contributed by atoms with Crippen molar-refractivity contribution in [1.82, 2.24) is 0 Å². The Labute approximate surface area is 149 Å². The van der Waals surface area contributed by atoms with Crippen LogP contribution >= 0.6 is 0 Å². The number of quaternary nitrogens is 1. The fourth-order valence-electron chi connectivity index (χ4n) is 2.77. The van der Waals surface area contributed by atoms with Gasteiger partial charge in [-0.05, 0) is 12.8 Å². The molecule has 0 rings (SSSR count). The molecule has 0 spiro atoms. The number of nitrogens with zero attached hydrogens (tertiary/aromatic N) is 1. The van der Waals surface area contributed by atoms with Gasteiger partial charge in [0.25, 0.3) is 0 Å². The molecule has 0 aliphatic carbocycles. The third kappa shape index (κ3) is 13.1. The van der Waals surface area contributed by atoms with E-state index in [1.165, 1.54) is 0 Å². The van der Waals surface area contributed by atoms with Crippen LogP contribution in [0.5, 0.6) is 0 Å². The lowest BCUT2D eigenvalue weighted by Gasteiger charge is -2.38. The molecule has 2 N–H and O–H groups in total. The van der Waals surface area contributed by atoms with E-state index >= 15 is 0 Å². The summed E-state index contributed by atoms with van der Waals surface area (Å²) in [6.07, 6.45) is 8.65. The van der Waals surface area contributed by atoms with E-state index in [4.69, 9.17) is 10.2 Å². The first kappa shape index (κ1) is 23.1. The van der Waals surface area contributed by atoms with Crippen LogP contribution in [0, 0.1) is 0 Å². The summed E-state index contributed by atoms with van der Waals surface area (Å²) in [5.74, 6) is -3.14. The molecule has 0 aromatic carbocycles. The first-order valence-corrected chi connectivity index (χ1v) is 8.95. The summed E-state index contributed by atoms with van der Waals surface area (Å²) in [5.41, 5.74) is 0. The fraction of sp³-hybridized carbons (Fsp3) is 0.722. The van der Waals surface area contributed by atoms with Crippen LogP contribution in [-0.4, -0.2) is 58.8 Å². The van der Waals surface area contributed by atoms with Gasteiger partial charge in [0.05, 0.1) is 39.0 Å². The summed E-state index contributed by atoms with van der Waals surface area (Å²) in [6, 6.07) is 0. The minimum absolute atomic E-state index is 0.112. The Morgan fingerprint density at radius 1 is 0.840 bits per heavy atom. The van der Waals surface area contributed by atoms with Gasteiger partial charge in [-0.25, -0.2) is 0 Å². The molecule has 0 bridgehead atoms. The Morgan fingerprint density at radius 2 is 1.32 bits per heavy atom. The van der Waals surface area contributed by atoms with Gasteiger partial charge < -0.3 is 24.6 Å². The lowest BCUT2D eigenvalue weighted by atomic mass is 10.1. The smallest absolute Gasteiger partial charge is 0.309 e. The van der Waals surface area contributed by atoms with E-state index < -0.39 is 17.9 Å². The Morgan fingerprint density at radius 3 is 1.76 bits per heavy atom. The molecule has 7 nitrogen and oxygen atoms in total. The van der Waals surface area contributed by atoms with E-state index in [1.54, 1.807) is 0 Å². The lowest BCUT2D eigenvalue weighted by molar-refractivity contribution is -0.927. The first-order chi connectivity index (χ1) is 11.8. The average molecular weight is 357 g/mol. The van der Waals surface area contributed by atoms with Crippen LogP contribution in [0.1, 0.15) is 58.3 Å². The standard InChI is InChI=1S/C18H31NO6/c1-2-3-4-5-6-7-8-12-19(13-9-16(20)21,14-10-17(22)23)15-11-18(24)25/h5-6H,2-4,7-15H2,1H3,(H2-,20,21,22,23,24,25)/b6-5+. The molecule has 0 fully saturated rings. The number of allylic oxidation sites excluding steroid dienone is 2. The Balaban J connectivity index is 4.81. The third-order valence-electron chi connectivity index (χ3n) is 4.28. The predicted octanol–water partition coefficient (Wildman–Crippen LogP) is 1.42. The number of carbonyl (C=O) groups excluding carboxylic acids is 1. The van der Waals surface area contributed by atoms with Gasteiger partial charge >= 0.3 is 11.9 Å². The van der Waals surface area contributed by atoms with Crippen LogP contribution in [0.15, 0.2) is 12.2 Å². The van der Waals surface area contributed by atoms with Gasteiger partial charge in [-0.2, -0.15) is 0 Å². The molecule has 0 saturated carbocycles. The quantitative estimate of drug-likeness (QED) is 0.245. The van der Waals surface area contributed by atoms with Crippen molar-refractivity contribution in [2.75, 3.05) is 26.2 Å². The molecule has 0 aliphatic heterocycles. The van der Waals surface area contributed by atoms with Crippen molar-refractivity contribution < 1.29 is 34.2 Å². The van der Waals surface area contributed by atoms with Gasteiger partial charge in [0, 0.05) is 18.8 Å². The molecule has 0 heterocycles. The average Bonchev–Trinajstić information content (AvgIpc) is 2.54. The van der Waals surface area contributed by atoms with E-state index in [1.807, 2.05) is 0 Å². The van der Waals surface area contributed by atoms with Gasteiger partial charge in [-0.15, -0.1) is 0 Å². The minimum Gasteiger partial charge on any atom is -0.550 e. The second-order valence-corrected chi connectivity index (χ2v) is 6.40. The second-order valence-electron chi connectivity index (χ2n) is 6.40. The molecule has 0 aromatic heterocycles. The van der Waals surface area contributed by atoms with E-state index in [-0.39, 0.29) is 43.4 Å². The molecule has 25 heavy (non-hydrogen) atoms. The van der Waals surface area contributed by atoms with Crippen LogP contribution in [-0.2, 0) is 14.4 Å². The summed E-state index contributed by atoms with van der Waals surface area (Å²) in [7, 11) is 0. The zero-order chi connectivity index (χ0) is 19.1. The zero-order valence-corrected chi connectivity index (χ0v) is 15.1. The molecule has 144 valence electrons. The molecule has 0 aromatic rings. The second kappa shape index (κ2) is 13.4.